The minimum absolute atomic E-state index is 0.148. The van der Waals surface area contributed by atoms with Gasteiger partial charge in [0.1, 0.15) is 11.6 Å². The Bertz CT molecular complexity index is 991. The average Bonchev–Trinajstić information content (AvgIpc) is 2.62. The van der Waals surface area contributed by atoms with Crippen LogP contribution in [0.3, 0.4) is 0 Å². The maximum atomic E-state index is 13.2. The Morgan fingerprint density at radius 1 is 0.880 bits per heavy atom. The number of methoxy groups -OCH3 is 1. The van der Waals surface area contributed by atoms with Crippen molar-refractivity contribution in [2.75, 3.05) is 7.11 Å². The van der Waals surface area contributed by atoms with E-state index in [4.69, 9.17) is 4.74 Å². The Kier molecular flexibility index (Phi) is 4.79. The van der Waals surface area contributed by atoms with Gasteiger partial charge in [-0.3, -0.25) is 9.59 Å². The monoisotopic (exact) mass is 340 g/mol. The van der Waals surface area contributed by atoms with E-state index in [-0.39, 0.29) is 12.4 Å². The molecule has 0 aliphatic carbocycles. The number of hydrogen-bond acceptors (Lipinski definition) is 3. The fourth-order valence-corrected chi connectivity index (χ4v) is 2.55. The van der Waals surface area contributed by atoms with Gasteiger partial charge in [0.2, 0.25) is 0 Å². The van der Waals surface area contributed by atoms with Crippen LogP contribution < -0.4 is 15.9 Å². The highest BCUT2D eigenvalue weighted by molar-refractivity contribution is 5.27. The first-order valence-corrected chi connectivity index (χ1v) is 7.74. The Hall–Kier alpha value is -3.15. The summed E-state index contributed by atoms with van der Waals surface area (Å²) in [5, 5.41) is 0. The third kappa shape index (κ3) is 3.85. The molecule has 0 atom stereocenters. The number of nitrogens with zero attached hydrogens (tertiary/aromatic N) is 2. The minimum atomic E-state index is -0.639. The normalized spacial score (nSPS) is 10.6. The molecule has 0 bridgehead atoms. The van der Waals surface area contributed by atoms with Crippen molar-refractivity contribution in [1.29, 1.82) is 0 Å². The number of hydrogen-bond donors (Lipinski definition) is 0. The Morgan fingerprint density at radius 3 is 2.04 bits per heavy atom. The van der Waals surface area contributed by atoms with Crippen LogP contribution in [0.4, 0.5) is 4.39 Å². The molecule has 6 heteroatoms. The van der Waals surface area contributed by atoms with E-state index in [1.807, 2.05) is 12.1 Å². The molecule has 0 aliphatic heterocycles. The molecule has 0 N–H and O–H groups in total. The first-order valence-electron chi connectivity index (χ1n) is 7.74. The van der Waals surface area contributed by atoms with Crippen molar-refractivity contribution in [2.45, 2.75) is 13.1 Å². The number of rotatable bonds is 5. The summed E-state index contributed by atoms with van der Waals surface area (Å²) in [6, 6.07) is 13.2. The minimum Gasteiger partial charge on any atom is -0.497 e. The number of halogens is 1. The second kappa shape index (κ2) is 7.17. The van der Waals surface area contributed by atoms with Gasteiger partial charge < -0.3 is 13.9 Å². The van der Waals surface area contributed by atoms with Gasteiger partial charge in [-0.15, -0.1) is 0 Å². The second-order valence-corrected chi connectivity index (χ2v) is 5.64. The standard InChI is InChI=1S/C19H17FN2O3/c1-25-17-7-5-14(6-8-17)12-21-9-10-22(19(24)18(21)23)13-15-3-2-4-16(20)11-15/h2-11H,12-13H2,1H3. The highest BCUT2D eigenvalue weighted by atomic mass is 19.1. The lowest BCUT2D eigenvalue weighted by Gasteiger charge is -2.10. The van der Waals surface area contributed by atoms with Crippen molar-refractivity contribution in [3.8, 4) is 5.75 Å². The molecule has 0 radical (unpaired) electrons. The largest absolute Gasteiger partial charge is 0.497 e. The van der Waals surface area contributed by atoms with E-state index in [1.54, 1.807) is 37.6 Å². The molecule has 0 saturated heterocycles. The maximum Gasteiger partial charge on any atom is 0.316 e. The fraction of sp³-hybridized carbons (Fsp3) is 0.158. The molecular formula is C19H17FN2O3. The lowest BCUT2D eigenvalue weighted by Crippen LogP contribution is -2.40. The van der Waals surface area contributed by atoms with Crippen LogP contribution in [0.5, 0.6) is 5.75 Å². The van der Waals surface area contributed by atoms with Crippen LogP contribution in [0.2, 0.25) is 0 Å². The Balaban J connectivity index is 1.84. The molecule has 0 aliphatic rings. The summed E-state index contributed by atoms with van der Waals surface area (Å²) in [6.45, 7) is 0.439. The smallest absolute Gasteiger partial charge is 0.316 e. The Labute approximate surface area is 143 Å². The number of benzene rings is 2. The van der Waals surface area contributed by atoms with Crippen molar-refractivity contribution in [2.24, 2.45) is 0 Å². The van der Waals surface area contributed by atoms with Crippen LogP contribution in [0.15, 0.2) is 70.5 Å². The zero-order valence-electron chi connectivity index (χ0n) is 13.7. The van der Waals surface area contributed by atoms with Gasteiger partial charge in [-0.1, -0.05) is 24.3 Å². The molecule has 0 spiro atoms. The lowest BCUT2D eigenvalue weighted by atomic mass is 10.2. The predicted octanol–water partition coefficient (Wildman–Crippen LogP) is 2.25. The summed E-state index contributed by atoms with van der Waals surface area (Å²) >= 11 is 0. The summed E-state index contributed by atoms with van der Waals surface area (Å²) < 4.78 is 21.0. The van der Waals surface area contributed by atoms with Crippen LogP contribution in [-0.4, -0.2) is 16.2 Å². The number of ether oxygens (including phenoxy) is 1. The van der Waals surface area contributed by atoms with Crippen LogP contribution in [-0.2, 0) is 13.1 Å². The van der Waals surface area contributed by atoms with Gasteiger partial charge in [0.05, 0.1) is 20.2 Å². The fourth-order valence-electron chi connectivity index (χ4n) is 2.55. The van der Waals surface area contributed by atoms with E-state index < -0.39 is 11.1 Å². The predicted molar refractivity (Wildman–Crippen MR) is 92.6 cm³/mol. The van der Waals surface area contributed by atoms with Gasteiger partial charge >= 0.3 is 11.1 Å². The quantitative estimate of drug-likeness (QED) is 0.670. The first-order chi connectivity index (χ1) is 12.1. The van der Waals surface area contributed by atoms with Crippen molar-refractivity contribution >= 4 is 0 Å². The summed E-state index contributed by atoms with van der Waals surface area (Å²) in [5.41, 5.74) is 0.245. The molecule has 0 fully saturated rings. The molecule has 1 aromatic heterocycles. The van der Waals surface area contributed by atoms with E-state index in [0.29, 0.717) is 12.1 Å². The van der Waals surface area contributed by atoms with Gasteiger partial charge in [0.15, 0.2) is 0 Å². The molecule has 3 rings (SSSR count). The molecule has 25 heavy (non-hydrogen) atoms. The van der Waals surface area contributed by atoms with Crippen molar-refractivity contribution in [1.82, 2.24) is 9.13 Å². The first kappa shape index (κ1) is 16.7. The van der Waals surface area contributed by atoms with Gasteiger partial charge in [-0.25, -0.2) is 4.39 Å². The summed E-state index contributed by atoms with van der Waals surface area (Å²) in [4.78, 5) is 24.6. The highest BCUT2D eigenvalue weighted by Gasteiger charge is 2.07. The van der Waals surface area contributed by atoms with E-state index in [0.717, 1.165) is 11.3 Å². The van der Waals surface area contributed by atoms with Crippen molar-refractivity contribution in [3.63, 3.8) is 0 Å². The van der Waals surface area contributed by atoms with Crippen LogP contribution >= 0.6 is 0 Å². The van der Waals surface area contributed by atoms with Crippen LogP contribution in [0.25, 0.3) is 0 Å². The highest BCUT2D eigenvalue weighted by Crippen LogP contribution is 2.11. The molecule has 5 nitrogen and oxygen atoms in total. The van der Waals surface area contributed by atoms with Gasteiger partial charge in [0.25, 0.3) is 0 Å². The van der Waals surface area contributed by atoms with Gasteiger partial charge in [-0.05, 0) is 35.4 Å². The molecule has 3 aromatic rings. The molecule has 0 unspecified atom stereocenters. The van der Waals surface area contributed by atoms with E-state index in [1.165, 1.54) is 27.5 Å². The molecule has 1 heterocycles. The molecule has 2 aromatic carbocycles. The lowest BCUT2D eigenvalue weighted by molar-refractivity contribution is 0.414. The van der Waals surface area contributed by atoms with Crippen LogP contribution in [0, 0.1) is 5.82 Å². The van der Waals surface area contributed by atoms with E-state index in [9.17, 15) is 14.0 Å². The zero-order chi connectivity index (χ0) is 17.8. The third-order valence-corrected chi connectivity index (χ3v) is 3.89. The molecule has 0 amide bonds. The maximum absolute atomic E-state index is 13.2. The topological polar surface area (TPSA) is 53.2 Å². The van der Waals surface area contributed by atoms with Crippen molar-refractivity contribution in [3.05, 3.63) is 98.6 Å². The van der Waals surface area contributed by atoms with Gasteiger partial charge in [0, 0.05) is 12.4 Å². The summed E-state index contributed by atoms with van der Waals surface area (Å²) in [6.07, 6.45) is 3.10. The van der Waals surface area contributed by atoms with E-state index in [2.05, 4.69) is 0 Å². The third-order valence-electron chi connectivity index (χ3n) is 3.89. The molecule has 0 saturated carbocycles. The SMILES string of the molecule is COc1ccc(Cn2ccn(Cc3cccc(F)c3)c(=O)c2=O)cc1. The zero-order valence-corrected chi connectivity index (χ0v) is 13.7. The molecular weight excluding hydrogens is 323 g/mol. The molecule has 128 valence electrons. The van der Waals surface area contributed by atoms with E-state index >= 15 is 0 Å². The summed E-state index contributed by atoms with van der Waals surface area (Å²) in [7, 11) is 1.58. The Morgan fingerprint density at radius 2 is 1.48 bits per heavy atom. The summed E-state index contributed by atoms with van der Waals surface area (Å²) in [5.74, 6) is 0.347. The van der Waals surface area contributed by atoms with Crippen LogP contribution in [0.1, 0.15) is 11.1 Å². The average molecular weight is 340 g/mol. The van der Waals surface area contributed by atoms with Gasteiger partial charge in [-0.2, -0.15) is 0 Å². The second-order valence-electron chi connectivity index (χ2n) is 5.64. The number of aromatic nitrogens is 2. The van der Waals surface area contributed by atoms with Crippen molar-refractivity contribution < 1.29 is 9.13 Å².